The molecule has 2 atom stereocenters. The Morgan fingerprint density at radius 2 is 1.95 bits per heavy atom. The molecule has 1 rings (SSSR count). The number of nitrogens with zero attached hydrogens (tertiary/aromatic N) is 1. The maximum atomic E-state index is 11.8. The van der Waals surface area contributed by atoms with Crippen LogP contribution < -0.4 is 10.6 Å². The van der Waals surface area contributed by atoms with Crippen LogP contribution >= 0.6 is 0 Å². The van der Waals surface area contributed by atoms with E-state index >= 15 is 0 Å². The maximum absolute atomic E-state index is 11.8. The van der Waals surface area contributed by atoms with Crippen LogP contribution in [0.25, 0.3) is 0 Å². The van der Waals surface area contributed by atoms with Crippen LogP contribution in [0.5, 0.6) is 0 Å². The summed E-state index contributed by atoms with van der Waals surface area (Å²) >= 11 is 0. The summed E-state index contributed by atoms with van der Waals surface area (Å²) in [6, 6.07) is -1.20. The lowest BCUT2D eigenvalue weighted by molar-refractivity contribution is -0.148. The van der Waals surface area contributed by atoms with Gasteiger partial charge in [-0.1, -0.05) is 0 Å². The third-order valence-corrected chi connectivity index (χ3v) is 3.77. The molecule has 8 heteroatoms. The Labute approximate surface area is 123 Å². The number of carbonyl (C=O) groups excluding carboxylic acids is 2. The molecule has 1 fully saturated rings. The van der Waals surface area contributed by atoms with Gasteiger partial charge in [0, 0.05) is 13.1 Å². The van der Waals surface area contributed by atoms with Gasteiger partial charge in [0.05, 0.1) is 25.8 Å². The fourth-order valence-electron chi connectivity index (χ4n) is 2.14. The molecule has 0 aromatic rings. The van der Waals surface area contributed by atoms with Crippen molar-refractivity contribution in [3.8, 4) is 0 Å². The normalized spacial score (nSPS) is 24.4. The van der Waals surface area contributed by atoms with Crippen molar-refractivity contribution in [1.82, 2.24) is 15.5 Å². The Hall–Kier alpha value is -1.83. The molecule has 8 nitrogen and oxygen atoms in total. The number of nitrogens with one attached hydrogen (secondary N) is 2. The van der Waals surface area contributed by atoms with Crippen LogP contribution in [-0.2, 0) is 14.3 Å². The second-order valence-electron chi connectivity index (χ2n) is 5.18. The van der Waals surface area contributed by atoms with E-state index in [1.54, 1.807) is 4.90 Å². The first-order chi connectivity index (χ1) is 9.85. The molecular weight excluding hydrogens is 278 g/mol. The minimum atomic E-state index is -1.15. The zero-order chi connectivity index (χ0) is 16.0. The Morgan fingerprint density at radius 3 is 2.48 bits per heavy atom. The van der Waals surface area contributed by atoms with Crippen LogP contribution in [0, 0.1) is 5.41 Å². The van der Waals surface area contributed by atoms with Crippen LogP contribution in [0.2, 0.25) is 0 Å². The molecule has 0 bridgehead atoms. The highest BCUT2D eigenvalue weighted by Gasteiger charge is 2.47. The first-order valence-corrected chi connectivity index (χ1v) is 6.98. The van der Waals surface area contributed by atoms with Crippen molar-refractivity contribution in [3.05, 3.63) is 0 Å². The minimum absolute atomic E-state index is 0.0473. The second kappa shape index (κ2) is 7.26. The molecule has 21 heavy (non-hydrogen) atoms. The van der Waals surface area contributed by atoms with Gasteiger partial charge in [0.15, 0.2) is 0 Å². The summed E-state index contributed by atoms with van der Waals surface area (Å²) in [5, 5.41) is 14.2. The SMILES string of the molecule is CCN(CC)C(=O)CNC(=O)NC1COCC1(C)C(=O)O. The molecule has 0 saturated carbocycles. The summed E-state index contributed by atoms with van der Waals surface area (Å²) in [5.74, 6) is -1.21. The molecule has 0 radical (unpaired) electrons. The fraction of sp³-hybridized carbons (Fsp3) is 0.769. The van der Waals surface area contributed by atoms with Gasteiger partial charge in [0.25, 0.3) is 0 Å². The molecule has 1 heterocycles. The number of likely N-dealkylation sites (N-methyl/N-ethyl adjacent to an activating group) is 1. The Bertz CT molecular complexity index is 411. The monoisotopic (exact) mass is 301 g/mol. The number of aliphatic carboxylic acids is 1. The highest BCUT2D eigenvalue weighted by atomic mass is 16.5. The molecule has 1 saturated heterocycles. The zero-order valence-electron chi connectivity index (χ0n) is 12.6. The zero-order valence-corrected chi connectivity index (χ0v) is 12.6. The van der Waals surface area contributed by atoms with Gasteiger partial charge in [0.1, 0.15) is 5.41 Å². The van der Waals surface area contributed by atoms with E-state index in [1.165, 1.54) is 6.92 Å². The predicted octanol–water partition coefficient (Wildman–Crippen LogP) is -0.356. The van der Waals surface area contributed by atoms with Crippen LogP contribution in [-0.4, -0.2) is 66.8 Å². The Morgan fingerprint density at radius 1 is 1.33 bits per heavy atom. The van der Waals surface area contributed by atoms with Gasteiger partial charge in [0.2, 0.25) is 5.91 Å². The van der Waals surface area contributed by atoms with Gasteiger partial charge in [-0.05, 0) is 20.8 Å². The average Bonchev–Trinajstić information content (AvgIpc) is 2.80. The highest BCUT2D eigenvalue weighted by molar-refractivity contribution is 5.84. The van der Waals surface area contributed by atoms with E-state index < -0.39 is 23.5 Å². The smallest absolute Gasteiger partial charge is 0.315 e. The lowest BCUT2D eigenvalue weighted by atomic mass is 9.85. The van der Waals surface area contributed by atoms with Gasteiger partial charge in [-0.3, -0.25) is 9.59 Å². The van der Waals surface area contributed by atoms with E-state index in [9.17, 15) is 19.5 Å². The fourth-order valence-corrected chi connectivity index (χ4v) is 2.14. The van der Waals surface area contributed by atoms with Gasteiger partial charge < -0.3 is 25.4 Å². The Balaban J connectivity index is 2.47. The second-order valence-corrected chi connectivity index (χ2v) is 5.18. The van der Waals surface area contributed by atoms with E-state index in [0.29, 0.717) is 13.1 Å². The first-order valence-electron chi connectivity index (χ1n) is 6.98. The Kier molecular flexibility index (Phi) is 5.95. The lowest BCUT2D eigenvalue weighted by Gasteiger charge is -2.25. The molecular formula is C13H23N3O5. The number of carboxylic acid groups (broad SMARTS) is 1. The van der Waals surface area contributed by atoms with Gasteiger partial charge in [-0.2, -0.15) is 0 Å². The summed E-state index contributed by atoms with van der Waals surface area (Å²) < 4.78 is 5.14. The predicted molar refractivity (Wildman–Crippen MR) is 74.8 cm³/mol. The summed E-state index contributed by atoms with van der Waals surface area (Å²) in [4.78, 5) is 36.4. The largest absolute Gasteiger partial charge is 0.481 e. The van der Waals surface area contributed by atoms with Crippen molar-refractivity contribution >= 4 is 17.9 Å². The highest BCUT2D eigenvalue weighted by Crippen LogP contribution is 2.28. The molecule has 1 aliphatic rings. The minimum Gasteiger partial charge on any atom is -0.481 e. The van der Waals surface area contributed by atoms with Crippen LogP contribution in [0.1, 0.15) is 20.8 Å². The average molecular weight is 301 g/mol. The van der Waals surface area contributed by atoms with E-state index in [-0.39, 0.29) is 25.7 Å². The maximum Gasteiger partial charge on any atom is 0.315 e. The number of carbonyl (C=O) groups is 3. The summed E-state index contributed by atoms with van der Waals surface area (Å²) in [7, 11) is 0. The molecule has 0 aliphatic carbocycles. The van der Waals surface area contributed by atoms with Crippen LogP contribution in [0.4, 0.5) is 4.79 Å². The van der Waals surface area contributed by atoms with Crippen molar-refractivity contribution in [2.24, 2.45) is 5.41 Å². The van der Waals surface area contributed by atoms with Crippen molar-refractivity contribution < 1.29 is 24.2 Å². The van der Waals surface area contributed by atoms with Crippen molar-refractivity contribution in [3.63, 3.8) is 0 Å². The number of urea groups is 1. The molecule has 2 unspecified atom stereocenters. The van der Waals surface area contributed by atoms with Crippen molar-refractivity contribution in [2.45, 2.75) is 26.8 Å². The summed E-state index contributed by atoms with van der Waals surface area (Å²) in [6.45, 7) is 6.45. The van der Waals surface area contributed by atoms with Crippen LogP contribution in [0.15, 0.2) is 0 Å². The lowest BCUT2D eigenvalue weighted by Crippen LogP contribution is -2.53. The molecule has 0 aromatic carbocycles. The third kappa shape index (κ3) is 4.07. The molecule has 0 aromatic heterocycles. The van der Waals surface area contributed by atoms with Crippen molar-refractivity contribution in [2.75, 3.05) is 32.8 Å². The van der Waals surface area contributed by atoms with E-state index in [4.69, 9.17) is 4.74 Å². The quantitative estimate of drug-likeness (QED) is 0.621. The molecule has 120 valence electrons. The van der Waals surface area contributed by atoms with E-state index in [2.05, 4.69) is 10.6 Å². The number of rotatable bonds is 6. The van der Waals surface area contributed by atoms with Gasteiger partial charge in [-0.15, -0.1) is 0 Å². The van der Waals surface area contributed by atoms with Crippen molar-refractivity contribution in [1.29, 1.82) is 0 Å². The number of amides is 3. The van der Waals surface area contributed by atoms with E-state index in [0.717, 1.165) is 0 Å². The standard InChI is InChI=1S/C13H23N3O5/c1-4-16(5-2)10(17)6-14-12(20)15-9-7-21-8-13(9,3)11(18)19/h9H,4-8H2,1-3H3,(H,18,19)(H2,14,15,20). The number of carboxylic acids is 1. The summed E-state index contributed by atoms with van der Waals surface area (Å²) in [5.41, 5.74) is -1.15. The van der Waals surface area contributed by atoms with Gasteiger partial charge in [-0.25, -0.2) is 4.79 Å². The third-order valence-electron chi connectivity index (χ3n) is 3.77. The van der Waals surface area contributed by atoms with E-state index in [1.807, 2.05) is 13.8 Å². The molecule has 3 N–H and O–H groups in total. The first kappa shape index (κ1) is 17.2. The number of ether oxygens (including phenoxy) is 1. The number of hydrogen-bond acceptors (Lipinski definition) is 4. The molecule has 3 amide bonds. The van der Waals surface area contributed by atoms with Crippen LogP contribution in [0.3, 0.4) is 0 Å². The van der Waals surface area contributed by atoms with Gasteiger partial charge >= 0.3 is 12.0 Å². The molecule has 1 aliphatic heterocycles. The summed E-state index contributed by atoms with van der Waals surface area (Å²) in [6.07, 6.45) is 0. The molecule has 0 spiro atoms. The topological polar surface area (TPSA) is 108 Å². The number of hydrogen-bond donors (Lipinski definition) is 3.